The predicted octanol–water partition coefficient (Wildman–Crippen LogP) is 3.89. The van der Waals surface area contributed by atoms with Crippen LogP contribution in [0.3, 0.4) is 0 Å². The van der Waals surface area contributed by atoms with Crippen molar-refractivity contribution in [1.29, 1.82) is 5.26 Å². The Kier molecular flexibility index (Phi) is 3.91. The summed E-state index contributed by atoms with van der Waals surface area (Å²) in [6, 6.07) is 18.2. The maximum Gasteiger partial charge on any atom is 0.154 e. The van der Waals surface area contributed by atoms with Gasteiger partial charge in [-0.2, -0.15) is 5.26 Å². The van der Waals surface area contributed by atoms with Crippen LogP contribution < -0.4 is 5.73 Å². The van der Waals surface area contributed by atoms with Crippen LogP contribution >= 0.6 is 11.8 Å². The molecule has 0 saturated carbocycles. The zero-order chi connectivity index (χ0) is 15.6. The summed E-state index contributed by atoms with van der Waals surface area (Å²) in [5.74, 6) is 0.986. The topological polar surface area (TPSA) is 62.2 Å². The van der Waals surface area contributed by atoms with Crippen molar-refractivity contribution in [2.45, 2.75) is 18.9 Å². The fourth-order valence-electron chi connectivity index (χ4n) is 2.70. The summed E-state index contributed by atoms with van der Waals surface area (Å²) in [7, 11) is 0. The van der Waals surface area contributed by atoms with Gasteiger partial charge in [0.25, 0.3) is 0 Å². The number of aliphatic imine (C=N–C) groups is 1. The molecule has 110 valence electrons. The lowest BCUT2D eigenvalue weighted by Crippen LogP contribution is -2.28. The molecule has 3 rings (SSSR count). The molecule has 1 atom stereocenters. The Bertz CT molecular complexity index is 776. The molecule has 0 amide bonds. The highest BCUT2D eigenvalue weighted by Crippen LogP contribution is 2.36. The van der Waals surface area contributed by atoms with Gasteiger partial charge in [0.15, 0.2) is 5.17 Å². The van der Waals surface area contributed by atoms with E-state index in [4.69, 9.17) is 11.0 Å². The van der Waals surface area contributed by atoms with Gasteiger partial charge in [-0.15, -0.1) is 0 Å². The summed E-state index contributed by atoms with van der Waals surface area (Å²) in [6.45, 7) is 2.13. The molecule has 0 spiro atoms. The molecule has 1 aliphatic heterocycles. The highest BCUT2D eigenvalue weighted by molar-refractivity contribution is 8.13. The third-order valence-corrected chi connectivity index (χ3v) is 4.80. The van der Waals surface area contributed by atoms with Crippen molar-refractivity contribution in [3.8, 4) is 17.2 Å². The van der Waals surface area contributed by atoms with E-state index in [9.17, 15) is 0 Å². The van der Waals surface area contributed by atoms with Crippen molar-refractivity contribution < 1.29 is 0 Å². The Balaban J connectivity index is 2.03. The average Bonchev–Trinajstić information content (AvgIpc) is 2.55. The van der Waals surface area contributed by atoms with Gasteiger partial charge in [0.05, 0.1) is 17.2 Å². The van der Waals surface area contributed by atoms with Crippen molar-refractivity contribution in [3.05, 3.63) is 59.7 Å². The number of rotatable bonds is 2. The van der Waals surface area contributed by atoms with E-state index in [0.717, 1.165) is 28.9 Å². The Hall–Kier alpha value is -2.25. The van der Waals surface area contributed by atoms with Crippen LogP contribution in [0.5, 0.6) is 0 Å². The molecule has 2 aromatic carbocycles. The fourth-order valence-corrected chi connectivity index (χ4v) is 3.67. The number of benzene rings is 2. The molecular weight excluding hydrogens is 290 g/mol. The first-order chi connectivity index (χ1) is 10.6. The van der Waals surface area contributed by atoms with Crippen LogP contribution in [0.1, 0.15) is 24.5 Å². The van der Waals surface area contributed by atoms with Crippen LogP contribution in [0.2, 0.25) is 0 Å². The Morgan fingerprint density at radius 3 is 2.64 bits per heavy atom. The second-order valence-corrected chi connectivity index (χ2v) is 6.71. The third kappa shape index (κ3) is 2.86. The predicted molar refractivity (Wildman–Crippen MR) is 92.6 cm³/mol. The molecule has 0 aliphatic carbocycles. The van der Waals surface area contributed by atoms with Crippen molar-refractivity contribution in [2.75, 3.05) is 5.75 Å². The van der Waals surface area contributed by atoms with Crippen molar-refractivity contribution in [3.63, 3.8) is 0 Å². The second kappa shape index (κ2) is 5.86. The molecule has 2 aromatic rings. The number of nitrogens with zero attached hydrogens (tertiary/aromatic N) is 2. The fraction of sp³-hybridized carbons (Fsp3) is 0.222. The summed E-state index contributed by atoms with van der Waals surface area (Å²) in [6.07, 6.45) is 0.972. The summed E-state index contributed by atoms with van der Waals surface area (Å²) in [4.78, 5) is 4.66. The van der Waals surface area contributed by atoms with Crippen LogP contribution in [0.25, 0.3) is 11.1 Å². The number of nitrogens with two attached hydrogens (primary N) is 1. The molecule has 0 bridgehead atoms. The maximum absolute atomic E-state index is 9.05. The zero-order valence-electron chi connectivity index (χ0n) is 12.4. The smallest absolute Gasteiger partial charge is 0.154 e. The maximum atomic E-state index is 9.05. The lowest BCUT2D eigenvalue weighted by molar-refractivity contribution is 0.482. The van der Waals surface area contributed by atoms with E-state index in [1.54, 1.807) is 11.8 Å². The molecular formula is C18H17N3S. The van der Waals surface area contributed by atoms with Gasteiger partial charge in [-0.25, -0.2) is 0 Å². The first kappa shape index (κ1) is 14.7. The lowest BCUT2D eigenvalue weighted by Gasteiger charge is -2.30. The molecule has 0 aromatic heterocycles. The molecule has 4 heteroatoms. The van der Waals surface area contributed by atoms with Gasteiger partial charge >= 0.3 is 0 Å². The van der Waals surface area contributed by atoms with Crippen LogP contribution in [0.4, 0.5) is 0 Å². The van der Waals surface area contributed by atoms with Crippen LogP contribution in [-0.4, -0.2) is 10.9 Å². The molecule has 1 heterocycles. The van der Waals surface area contributed by atoms with Crippen molar-refractivity contribution in [1.82, 2.24) is 0 Å². The lowest BCUT2D eigenvalue weighted by atomic mass is 9.87. The van der Waals surface area contributed by atoms with Crippen LogP contribution in [-0.2, 0) is 5.54 Å². The Morgan fingerprint density at radius 2 is 1.91 bits per heavy atom. The Morgan fingerprint density at radius 1 is 1.18 bits per heavy atom. The molecule has 0 radical (unpaired) electrons. The summed E-state index contributed by atoms with van der Waals surface area (Å²) in [5, 5.41) is 9.71. The standard InChI is InChI=1S/C18H17N3S/c1-18(8-9-22-17(20)21-18)16-7-3-6-15(11-16)14-5-2-4-13(10-14)12-19/h2-7,10-11H,8-9H2,1H3,(H2,20,21)/t18-/m0/s1. The molecule has 22 heavy (non-hydrogen) atoms. The molecule has 0 fully saturated rings. The van der Waals surface area contributed by atoms with E-state index in [1.807, 2.05) is 30.3 Å². The van der Waals surface area contributed by atoms with Gasteiger partial charge in [-0.05, 0) is 48.2 Å². The van der Waals surface area contributed by atoms with Gasteiger partial charge in [0.1, 0.15) is 0 Å². The minimum Gasteiger partial charge on any atom is -0.379 e. The number of amidine groups is 1. The van der Waals surface area contributed by atoms with Crippen LogP contribution in [0, 0.1) is 11.3 Å². The molecule has 3 nitrogen and oxygen atoms in total. The first-order valence-corrected chi connectivity index (χ1v) is 8.18. The van der Waals surface area contributed by atoms with Crippen molar-refractivity contribution in [2.24, 2.45) is 10.7 Å². The normalized spacial score (nSPS) is 21.0. The summed E-state index contributed by atoms with van der Waals surface area (Å²) in [5.41, 5.74) is 9.63. The van der Waals surface area contributed by atoms with Gasteiger partial charge < -0.3 is 5.73 Å². The van der Waals surface area contributed by atoms with E-state index in [2.05, 4.69) is 36.2 Å². The van der Waals surface area contributed by atoms with Gasteiger partial charge in [0.2, 0.25) is 0 Å². The SMILES string of the molecule is C[C@@]1(c2cccc(-c3cccc(C#N)c3)c2)CCSC(N)=N1. The zero-order valence-corrected chi connectivity index (χ0v) is 13.2. The molecule has 0 unspecified atom stereocenters. The monoisotopic (exact) mass is 307 g/mol. The van der Waals surface area contributed by atoms with E-state index in [-0.39, 0.29) is 5.54 Å². The van der Waals surface area contributed by atoms with E-state index in [0.29, 0.717) is 10.7 Å². The van der Waals surface area contributed by atoms with E-state index >= 15 is 0 Å². The minimum absolute atomic E-state index is 0.266. The Labute approximate surface area is 134 Å². The van der Waals surface area contributed by atoms with Gasteiger partial charge in [-0.3, -0.25) is 4.99 Å². The van der Waals surface area contributed by atoms with E-state index in [1.165, 1.54) is 0 Å². The third-order valence-electron chi connectivity index (χ3n) is 4.01. The van der Waals surface area contributed by atoms with E-state index < -0.39 is 0 Å². The molecule has 0 saturated heterocycles. The second-order valence-electron chi connectivity index (χ2n) is 5.60. The van der Waals surface area contributed by atoms with Gasteiger partial charge in [0, 0.05) is 5.75 Å². The number of hydrogen-bond acceptors (Lipinski definition) is 4. The molecule has 1 aliphatic rings. The summed E-state index contributed by atoms with van der Waals surface area (Å²) >= 11 is 1.61. The van der Waals surface area contributed by atoms with Gasteiger partial charge in [-0.1, -0.05) is 42.1 Å². The first-order valence-electron chi connectivity index (χ1n) is 7.20. The number of nitriles is 1. The average molecular weight is 307 g/mol. The highest BCUT2D eigenvalue weighted by Gasteiger charge is 2.29. The quantitative estimate of drug-likeness (QED) is 0.915. The minimum atomic E-state index is -0.266. The van der Waals surface area contributed by atoms with Crippen LogP contribution in [0.15, 0.2) is 53.5 Å². The van der Waals surface area contributed by atoms with Crippen molar-refractivity contribution >= 4 is 16.9 Å². The largest absolute Gasteiger partial charge is 0.379 e. The number of hydrogen-bond donors (Lipinski definition) is 1. The summed E-state index contributed by atoms with van der Waals surface area (Å²) < 4.78 is 0. The highest BCUT2D eigenvalue weighted by atomic mass is 32.2. The number of thioether (sulfide) groups is 1. The molecule has 2 N–H and O–H groups in total.